The summed E-state index contributed by atoms with van der Waals surface area (Å²) in [6.45, 7) is 0. The molecule has 1 aromatic carbocycles. The van der Waals surface area contributed by atoms with Crippen molar-refractivity contribution in [2.75, 3.05) is 0 Å². The van der Waals surface area contributed by atoms with E-state index in [1.54, 1.807) is 28.8 Å². The van der Waals surface area contributed by atoms with Crippen molar-refractivity contribution in [3.05, 3.63) is 50.6 Å². The third-order valence-corrected chi connectivity index (χ3v) is 4.16. The molecule has 1 heterocycles. The molecule has 1 aliphatic rings. The molecule has 7 heteroatoms. The minimum atomic E-state index is -0.986. The first-order chi connectivity index (χ1) is 9.99. The lowest BCUT2D eigenvalue weighted by Crippen LogP contribution is -2.08. The van der Waals surface area contributed by atoms with Crippen molar-refractivity contribution in [1.29, 1.82) is 0 Å². The van der Waals surface area contributed by atoms with Crippen molar-refractivity contribution in [2.24, 2.45) is 0 Å². The molecule has 108 valence electrons. The predicted molar refractivity (Wildman–Crippen MR) is 79.5 cm³/mol. The Balaban J connectivity index is 2.15. The molecule has 1 N–H and O–H groups in total. The summed E-state index contributed by atoms with van der Waals surface area (Å²) >= 11 is 3.15. The topological polar surface area (TPSA) is 85.4 Å². The van der Waals surface area contributed by atoms with Gasteiger partial charge < -0.3 is 9.67 Å². The van der Waals surface area contributed by atoms with Crippen molar-refractivity contribution in [1.82, 2.24) is 4.57 Å². The van der Waals surface area contributed by atoms with Crippen molar-refractivity contribution >= 4 is 27.6 Å². The molecule has 0 bridgehead atoms. The van der Waals surface area contributed by atoms with Gasteiger partial charge in [0.25, 0.3) is 5.69 Å². The molecule has 0 radical (unpaired) electrons. The van der Waals surface area contributed by atoms with Gasteiger partial charge in [-0.1, -0.05) is 6.07 Å². The molecule has 0 spiro atoms. The lowest BCUT2D eigenvalue weighted by Gasteiger charge is -2.10. The molecule has 0 atom stereocenters. The number of aromatic carboxylic acids is 1. The smallest absolute Gasteiger partial charge is 0.352 e. The molecule has 0 amide bonds. The first-order valence-corrected chi connectivity index (χ1v) is 7.17. The molecule has 1 fully saturated rings. The number of nitrogens with zero attached hydrogens (tertiary/aromatic N) is 2. The Labute approximate surface area is 128 Å². The predicted octanol–water partition coefficient (Wildman–Crippen LogP) is 3.86. The average Bonchev–Trinajstić information content (AvgIpc) is 3.17. The summed E-state index contributed by atoms with van der Waals surface area (Å²) in [6, 6.07) is 8.24. The van der Waals surface area contributed by atoms with Crippen LogP contribution in [0.1, 0.15) is 29.4 Å². The van der Waals surface area contributed by atoms with E-state index >= 15 is 0 Å². The number of benzene rings is 1. The largest absolute Gasteiger partial charge is 0.477 e. The molecule has 1 aromatic heterocycles. The highest BCUT2D eigenvalue weighted by molar-refractivity contribution is 9.10. The summed E-state index contributed by atoms with van der Waals surface area (Å²) in [7, 11) is 0. The van der Waals surface area contributed by atoms with E-state index in [4.69, 9.17) is 0 Å². The maximum Gasteiger partial charge on any atom is 0.352 e. The molecule has 6 nitrogen and oxygen atoms in total. The Morgan fingerprint density at radius 1 is 1.33 bits per heavy atom. The van der Waals surface area contributed by atoms with Gasteiger partial charge in [-0.2, -0.15) is 0 Å². The standard InChI is InChI=1S/C14H11BrN2O4/c15-10-4-1-8(7-13(10)17(20)21)11-5-6-12(14(18)19)16(11)9-2-3-9/h1,4-7,9H,2-3H2,(H,18,19). The van der Waals surface area contributed by atoms with Crippen LogP contribution in [0.5, 0.6) is 0 Å². The number of nitro benzene ring substituents is 1. The van der Waals surface area contributed by atoms with Gasteiger partial charge in [0.05, 0.1) is 9.40 Å². The van der Waals surface area contributed by atoms with Crippen LogP contribution in [0.3, 0.4) is 0 Å². The van der Waals surface area contributed by atoms with Crippen molar-refractivity contribution in [3.8, 4) is 11.3 Å². The second-order valence-corrected chi connectivity index (χ2v) is 5.79. The first kappa shape index (κ1) is 13.8. The van der Waals surface area contributed by atoms with Crippen LogP contribution in [-0.4, -0.2) is 20.6 Å². The summed E-state index contributed by atoms with van der Waals surface area (Å²) in [5.41, 5.74) is 1.53. The highest BCUT2D eigenvalue weighted by Gasteiger charge is 2.30. The van der Waals surface area contributed by atoms with Crippen LogP contribution in [-0.2, 0) is 0 Å². The van der Waals surface area contributed by atoms with E-state index in [1.807, 2.05) is 0 Å². The van der Waals surface area contributed by atoms with Gasteiger partial charge in [0, 0.05) is 23.4 Å². The third-order valence-electron chi connectivity index (χ3n) is 3.49. The highest BCUT2D eigenvalue weighted by Crippen LogP contribution is 2.41. The number of carbonyl (C=O) groups is 1. The van der Waals surface area contributed by atoms with Crippen molar-refractivity contribution in [2.45, 2.75) is 18.9 Å². The Kier molecular flexibility index (Phi) is 3.29. The minimum absolute atomic E-state index is 0.0343. The van der Waals surface area contributed by atoms with Crippen LogP contribution in [0.25, 0.3) is 11.3 Å². The molecular formula is C14H11BrN2O4. The fourth-order valence-electron chi connectivity index (χ4n) is 2.40. The van der Waals surface area contributed by atoms with Crippen molar-refractivity contribution < 1.29 is 14.8 Å². The fourth-order valence-corrected chi connectivity index (χ4v) is 2.79. The zero-order chi connectivity index (χ0) is 15.1. The summed E-state index contributed by atoms with van der Waals surface area (Å²) in [6.07, 6.45) is 1.86. The highest BCUT2D eigenvalue weighted by atomic mass is 79.9. The van der Waals surface area contributed by atoms with Crippen LogP contribution in [0.15, 0.2) is 34.8 Å². The summed E-state index contributed by atoms with van der Waals surface area (Å²) in [5.74, 6) is -0.986. The Hall–Kier alpha value is -2.15. The monoisotopic (exact) mass is 350 g/mol. The van der Waals surface area contributed by atoms with E-state index < -0.39 is 10.9 Å². The van der Waals surface area contributed by atoms with Gasteiger partial charge in [0.15, 0.2) is 0 Å². The number of rotatable bonds is 4. The van der Waals surface area contributed by atoms with Gasteiger partial charge in [-0.25, -0.2) is 4.79 Å². The van der Waals surface area contributed by atoms with Gasteiger partial charge in [-0.3, -0.25) is 10.1 Å². The van der Waals surface area contributed by atoms with E-state index in [-0.39, 0.29) is 17.4 Å². The van der Waals surface area contributed by atoms with E-state index in [0.29, 0.717) is 15.7 Å². The van der Waals surface area contributed by atoms with Gasteiger partial charge in [-0.05, 0) is 47.0 Å². The third kappa shape index (κ3) is 2.44. The average molecular weight is 351 g/mol. The minimum Gasteiger partial charge on any atom is -0.477 e. The molecule has 2 aromatic rings. The molecule has 0 saturated heterocycles. The number of carboxylic acid groups (broad SMARTS) is 1. The lowest BCUT2D eigenvalue weighted by molar-refractivity contribution is -0.385. The molecule has 21 heavy (non-hydrogen) atoms. The SMILES string of the molecule is O=C(O)c1ccc(-c2ccc(Br)c([N+](=O)[O-])c2)n1C1CC1. The number of hydrogen-bond acceptors (Lipinski definition) is 3. The Bertz CT molecular complexity index is 749. The molecular weight excluding hydrogens is 340 g/mol. The summed E-state index contributed by atoms with van der Waals surface area (Å²) < 4.78 is 2.16. The van der Waals surface area contributed by atoms with Gasteiger partial charge in [0.2, 0.25) is 0 Å². The number of hydrogen-bond donors (Lipinski definition) is 1. The molecule has 3 rings (SSSR count). The van der Waals surface area contributed by atoms with E-state index in [9.17, 15) is 20.0 Å². The van der Waals surface area contributed by atoms with Gasteiger partial charge in [0.1, 0.15) is 5.69 Å². The van der Waals surface area contributed by atoms with Crippen LogP contribution in [0.2, 0.25) is 0 Å². The number of nitro groups is 1. The lowest BCUT2D eigenvalue weighted by atomic mass is 10.1. The second-order valence-electron chi connectivity index (χ2n) is 4.93. The number of halogens is 1. The zero-order valence-corrected chi connectivity index (χ0v) is 12.4. The first-order valence-electron chi connectivity index (χ1n) is 6.38. The second kappa shape index (κ2) is 5.00. The van der Waals surface area contributed by atoms with Crippen LogP contribution in [0, 0.1) is 10.1 Å². The maximum atomic E-state index is 11.3. The maximum absolute atomic E-state index is 11.3. The summed E-state index contributed by atoms with van der Waals surface area (Å²) in [5, 5.41) is 20.3. The van der Waals surface area contributed by atoms with Crippen LogP contribution in [0.4, 0.5) is 5.69 Å². The number of carboxylic acids is 1. The normalized spacial score (nSPS) is 14.1. The zero-order valence-electron chi connectivity index (χ0n) is 10.8. The van der Waals surface area contributed by atoms with Crippen molar-refractivity contribution in [3.63, 3.8) is 0 Å². The quantitative estimate of drug-likeness (QED) is 0.670. The molecule has 1 aliphatic carbocycles. The molecule has 0 unspecified atom stereocenters. The Morgan fingerprint density at radius 3 is 2.62 bits per heavy atom. The van der Waals surface area contributed by atoms with E-state index in [0.717, 1.165) is 12.8 Å². The summed E-state index contributed by atoms with van der Waals surface area (Å²) in [4.78, 5) is 21.9. The number of aromatic nitrogens is 1. The van der Waals surface area contributed by atoms with E-state index in [2.05, 4.69) is 15.9 Å². The fraction of sp³-hybridized carbons (Fsp3) is 0.214. The Morgan fingerprint density at radius 2 is 2.05 bits per heavy atom. The molecule has 1 saturated carbocycles. The molecule has 0 aliphatic heterocycles. The van der Waals surface area contributed by atoms with Crippen LogP contribution < -0.4 is 0 Å². The van der Waals surface area contributed by atoms with Gasteiger partial charge in [-0.15, -0.1) is 0 Å². The van der Waals surface area contributed by atoms with Crippen LogP contribution >= 0.6 is 15.9 Å². The van der Waals surface area contributed by atoms with E-state index in [1.165, 1.54) is 6.07 Å². The van der Waals surface area contributed by atoms with Gasteiger partial charge >= 0.3 is 5.97 Å².